The normalized spacial score (nSPS) is 16.0. The fourth-order valence-electron chi connectivity index (χ4n) is 4.94. The summed E-state index contributed by atoms with van der Waals surface area (Å²) in [5, 5.41) is 0. The van der Waals surface area contributed by atoms with Gasteiger partial charge in [-0.3, -0.25) is 4.79 Å². The molecule has 0 atom stereocenters. The second-order valence-corrected chi connectivity index (χ2v) is 8.52. The zero-order valence-electron chi connectivity index (χ0n) is 18.6. The number of fused-ring (bicyclic) bond motifs is 2. The molecule has 1 aliphatic heterocycles. The molecule has 2 aromatic carbocycles. The molecule has 0 radical (unpaired) electrons. The Morgan fingerprint density at radius 2 is 1.42 bits per heavy atom. The summed E-state index contributed by atoms with van der Waals surface area (Å²) < 4.78 is 4.72. The summed E-state index contributed by atoms with van der Waals surface area (Å²) in [5.41, 5.74) is 9.02. The predicted octanol–water partition coefficient (Wildman–Crippen LogP) is 5.84. The Balaban J connectivity index is 0.00000272. The van der Waals surface area contributed by atoms with Crippen LogP contribution in [0.1, 0.15) is 60.8 Å². The molecule has 0 aromatic heterocycles. The third-order valence-electron chi connectivity index (χ3n) is 6.63. The first kappa shape index (κ1) is 23.6. The molecule has 3 nitrogen and oxygen atoms in total. The third kappa shape index (κ3) is 5.78. The highest BCUT2D eigenvalue weighted by Crippen LogP contribution is 2.38. The van der Waals surface area contributed by atoms with E-state index in [2.05, 4.69) is 53.4 Å². The van der Waals surface area contributed by atoms with E-state index in [1.54, 1.807) is 5.57 Å². The van der Waals surface area contributed by atoms with Gasteiger partial charge in [-0.1, -0.05) is 60.5 Å². The molecule has 0 spiro atoms. The monoisotopic (exact) mass is 439 g/mol. The van der Waals surface area contributed by atoms with E-state index in [-0.39, 0.29) is 18.4 Å². The van der Waals surface area contributed by atoms with Gasteiger partial charge in [-0.15, -0.1) is 12.4 Å². The molecule has 0 bridgehead atoms. The van der Waals surface area contributed by atoms with Gasteiger partial charge >= 0.3 is 5.97 Å². The number of halogens is 1. The van der Waals surface area contributed by atoms with E-state index < -0.39 is 0 Å². The summed E-state index contributed by atoms with van der Waals surface area (Å²) in [6.07, 6.45) is 8.30. The van der Waals surface area contributed by atoms with Crippen molar-refractivity contribution in [3.63, 3.8) is 0 Å². The van der Waals surface area contributed by atoms with Crippen LogP contribution in [0.3, 0.4) is 0 Å². The maximum atomic E-state index is 11.2. The Morgan fingerprint density at radius 1 is 0.839 bits per heavy atom. The van der Waals surface area contributed by atoms with Gasteiger partial charge in [-0.05, 0) is 72.9 Å². The standard InChI is InChI=1S/C27H33NO2.ClH/c1-30-26(29)13-3-2-8-18-28-19-16-23(17-20-28)27-24-11-6-4-9-21(24)14-15-22-10-5-7-12-25(22)27;/h4-7,9-12H,2-3,8,13-20H2,1H3;1H. The summed E-state index contributed by atoms with van der Waals surface area (Å²) in [4.78, 5) is 13.8. The molecule has 0 amide bonds. The lowest BCUT2D eigenvalue weighted by Gasteiger charge is -2.30. The van der Waals surface area contributed by atoms with Crippen molar-refractivity contribution < 1.29 is 9.53 Å². The van der Waals surface area contributed by atoms with Gasteiger partial charge < -0.3 is 9.64 Å². The van der Waals surface area contributed by atoms with E-state index in [0.29, 0.717) is 6.42 Å². The summed E-state index contributed by atoms with van der Waals surface area (Å²) in [6.45, 7) is 3.41. The minimum absolute atomic E-state index is 0. The molecule has 1 aliphatic carbocycles. The smallest absolute Gasteiger partial charge is 0.305 e. The first-order valence-corrected chi connectivity index (χ1v) is 11.4. The second-order valence-electron chi connectivity index (χ2n) is 8.52. The number of benzene rings is 2. The van der Waals surface area contributed by atoms with Gasteiger partial charge in [0, 0.05) is 19.5 Å². The molecule has 4 heteroatoms. The van der Waals surface area contributed by atoms with Gasteiger partial charge in [0.1, 0.15) is 0 Å². The van der Waals surface area contributed by atoms with Crippen molar-refractivity contribution in [3.8, 4) is 0 Å². The molecule has 1 heterocycles. The number of carbonyl (C=O) groups is 1. The van der Waals surface area contributed by atoms with Crippen LogP contribution >= 0.6 is 12.4 Å². The van der Waals surface area contributed by atoms with Crippen LogP contribution in [-0.2, 0) is 22.4 Å². The third-order valence-corrected chi connectivity index (χ3v) is 6.63. The quantitative estimate of drug-likeness (QED) is 0.418. The van der Waals surface area contributed by atoms with E-state index in [1.165, 1.54) is 34.9 Å². The van der Waals surface area contributed by atoms with E-state index in [0.717, 1.165) is 64.6 Å². The first-order valence-electron chi connectivity index (χ1n) is 11.4. The van der Waals surface area contributed by atoms with Gasteiger partial charge in [0.25, 0.3) is 0 Å². The van der Waals surface area contributed by atoms with Crippen LogP contribution in [-0.4, -0.2) is 37.6 Å². The van der Waals surface area contributed by atoms with Crippen molar-refractivity contribution in [2.24, 2.45) is 0 Å². The number of rotatable bonds is 6. The van der Waals surface area contributed by atoms with Crippen molar-refractivity contribution in [1.29, 1.82) is 0 Å². The molecular weight excluding hydrogens is 406 g/mol. The zero-order chi connectivity index (χ0) is 20.8. The van der Waals surface area contributed by atoms with Gasteiger partial charge in [0.2, 0.25) is 0 Å². The molecule has 31 heavy (non-hydrogen) atoms. The number of methoxy groups -OCH3 is 1. The van der Waals surface area contributed by atoms with Crippen molar-refractivity contribution in [2.75, 3.05) is 26.7 Å². The second kappa shape index (κ2) is 11.5. The lowest BCUT2D eigenvalue weighted by molar-refractivity contribution is -0.140. The topological polar surface area (TPSA) is 29.5 Å². The molecule has 0 saturated carbocycles. The van der Waals surface area contributed by atoms with Crippen LogP contribution < -0.4 is 0 Å². The summed E-state index contributed by atoms with van der Waals surface area (Å²) in [5.74, 6) is -0.0896. The molecule has 0 N–H and O–H groups in total. The lowest BCUT2D eigenvalue weighted by atomic mass is 9.86. The Bertz CT molecular complexity index is 861. The number of piperidine rings is 1. The van der Waals surface area contributed by atoms with Crippen LogP contribution in [0.4, 0.5) is 0 Å². The SMILES string of the molecule is COC(=O)CCCCCN1CCC(=C2c3ccccc3CCc3ccccc32)CC1.Cl. The van der Waals surface area contributed by atoms with E-state index >= 15 is 0 Å². The minimum Gasteiger partial charge on any atom is -0.469 e. The zero-order valence-corrected chi connectivity index (χ0v) is 19.4. The summed E-state index contributed by atoms with van der Waals surface area (Å²) in [6, 6.07) is 18.0. The number of hydrogen-bond acceptors (Lipinski definition) is 3. The maximum Gasteiger partial charge on any atom is 0.305 e. The number of carbonyl (C=O) groups excluding carboxylic acids is 1. The fourth-order valence-corrected chi connectivity index (χ4v) is 4.94. The summed E-state index contributed by atoms with van der Waals surface area (Å²) >= 11 is 0. The molecule has 0 unspecified atom stereocenters. The van der Waals surface area contributed by atoms with E-state index in [4.69, 9.17) is 4.74 Å². The number of esters is 1. The van der Waals surface area contributed by atoms with Crippen LogP contribution in [0, 0.1) is 0 Å². The Morgan fingerprint density at radius 3 is 2.00 bits per heavy atom. The van der Waals surface area contributed by atoms with Crippen molar-refractivity contribution in [2.45, 2.75) is 51.4 Å². The van der Waals surface area contributed by atoms with Crippen molar-refractivity contribution >= 4 is 23.9 Å². The predicted molar refractivity (Wildman–Crippen MR) is 130 cm³/mol. The lowest BCUT2D eigenvalue weighted by Crippen LogP contribution is -2.32. The fraction of sp³-hybridized carbons (Fsp3) is 0.444. The number of aryl methyl sites for hydroxylation is 2. The molecule has 4 rings (SSSR count). The Hall–Kier alpha value is -2.10. The molecular formula is C27H34ClNO2. The maximum absolute atomic E-state index is 11.2. The van der Waals surface area contributed by atoms with Crippen molar-refractivity contribution in [3.05, 3.63) is 76.4 Å². The van der Waals surface area contributed by atoms with Crippen LogP contribution in [0.15, 0.2) is 54.1 Å². The molecule has 1 fully saturated rings. The van der Waals surface area contributed by atoms with Crippen LogP contribution in [0.2, 0.25) is 0 Å². The molecule has 2 aromatic rings. The average molecular weight is 440 g/mol. The Kier molecular flexibility index (Phi) is 8.74. The molecule has 2 aliphatic rings. The molecule has 1 saturated heterocycles. The number of unbranched alkanes of at least 4 members (excludes halogenated alkanes) is 2. The Labute approximate surface area is 192 Å². The molecule has 166 valence electrons. The van der Waals surface area contributed by atoms with Crippen molar-refractivity contribution in [1.82, 2.24) is 4.90 Å². The number of hydrogen-bond donors (Lipinski definition) is 0. The highest BCUT2D eigenvalue weighted by atomic mass is 35.5. The average Bonchev–Trinajstić information content (AvgIpc) is 2.96. The van der Waals surface area contributed by atoms with Crippen LogP contribution in [0.25, 0.3) is 5.57 Å². The largest absolute Gasteiger partial charge is 0.469 e. The van der Waals surface area contributed by atoms with Gasteiger partial charge in [-0.25, -0.2) is 0 Å². The minimum atomic E-state index is -0.0896. The van der Waals surface area contributed by atoms with Crippen LogP contribution in [0.5, 0.6) is 0 Å². The number of likely N-dealkylation sites (tertiary alicyclic amines) is 1. The highest BCUT2D eigenvalue weighted by Gasteiger charge is 2.23. The van der Waals surface area contributed by atoms with E-state index in [9.17, 15) is 4.79 Å². The van der Waals surface area contributed by atoms with E-state index in [1.807, 2.05) is 0 Å². The summed E-state index contributed by atoms with van der Waals surface area (Å²) in [7, 11) is 1.47. The number of ether oxygens (including phenoxy) is 1. The van der Waals surface area contributed by atoms with Gasteiger partial charge in [0.05, 0.1) is 7.11 Å². The van der Waals surface area contributed by atoms with Gasteiger partial charge in [0.15, 0.2) is 0 Å². The van der Waals surface area contributed by atoms with Gasteiger partial charge in [-0.2, -0.15) is 0 Å². The highest BCUT2D eigenvalue weighted by molar-refractivity contribution is 5.86. The number of nitrogens with zero attached hydrogens (tertiary/aromatic N) is 1. The first-order chi connectivity index (χ1) is 14.8.